The first kappa shape index (κ1) is 14.2. The lowest BCUT2D eigenvalue weighted by Gasteiger charge is -2.21. The summed E-state index contributed by atoms with van der Waals surface area (Å²) < 4.78 is 0. The van der Waals surface area contributed by atoms with Gasteiger partial charge in [0, 0.05) is 6.04 Å². The molecule has 0 amide bonds. The lowest BCUT2D eigenvalue weighted by atomic mass is 9.94. The molecule has 0 spiro atoms. The highest BCUT2D eigenvalue weighted by Crippen LogP contribution is 2.24. The van der Waals surface area contributed by atoms with Gasteiger partial charge in [-0.3, -0.25) is 0 Å². The number of hydrogen-bond acceptors (Lipinski definition) is 1. The number of rotatable bonds is 7. The van der Waals surface area contributed by atoms with Gasteiger partial charge in [0.15, 0.2) is 0 Å². The van der Waals surface area contributed by atoms with Gasteiger partial charge in [-0.25, -0.2) is 0 Å². The van der Waals surface area contributed by atoms with E-state index in [1.165, 1.54) is 42.4 Å². The maximum Gasteiger partial charge on any atom is 0.0322 e. The van der Waals surface area contributed by atoms with Crippen molar-refractivity contribution in [3.8, 4) is 0 Å². The van der Waals surface area contributed by atoms with Crippen LogP contribution in [-0.4, -0.2) is 6.54 Å². The monoisotopic (exact) mass is 233 g/mol. The summed E-state index contributed by atoms with van der Waals surface area (Å²) in [6, 6.07) is 7.20. The molecular weight excluding hydrogens is 206 g/mol. The highest BCUT2D eigenvalue weighted by molar-refractivity contribution is 5.35. The smallest absolute Gasteiger partial charge is 0.0322 e. The third-order valence-corrected chi connectivity index (χ3v) is 3.57. The van der Waals surface area contributed by atoms with Crippen LogP contribution in [-0.2, 0) is 0 Å². The third-order valence-electron chi connectivity index (χ3n) is 3.57. The van der Waals surface area contributed by atoms with Gasteiger partial charge in [0.25, 0.3) is 0 Å². The summed E-state index contributed by atoms with van der Waals surface area (Å²) in [7, 11) is 0. The van der Waals surface area contributed by atoms with Gasteiger partial charge in [0.1, 0.15) is 0 Å². The second-order valence-corrected chi connectivity index (χ2v) is 4.90. The normalized spacial score (nSPS) is 12.7. The van der Waals surface area contributed by atoms with Crippen LogP contribution >= 0.6 is 0 Å². The Hall–Kier alpha value is -0.820. The lowest BCUT2D eigenvalue weighted by molar-refractivity contribution is 0.484. The topological polar surface area (TPSA) is 12.0 Å². The Balaban J connectivity index is 2.77. The van der Waals surface area contributed by atoms with Crippen LogP contribution in [0.2, 0.25) is 0 Å². The highest BCUT2D eigenvalue weighted by Gasteiger charge is 2.12. The van der Waals surface area contributed by atoms with Crippen LogP contribution in [0, 0.1) is 13.8 Å². The van der Waals surface area contributed by atoms with Gasteiger partial charge in [-0.05, 0) is 43.5 Å². The van der Waals surface area contributed by atoms with Crippen molar-refractivity contribution in [3.05, 3.63) is 34.9 Å². The van der Waals surface area contributed by atoms with Crippen molar-refractivity contribution < 1.29 is 0 Å². The predicted octanol–water partition coefficient (Wildman–Crippen LogP) is 4.53. The molecule has 1 N–H and O–H groups in total. The van der Waals surface area contributed by atoms with E-state index < -0.39 is 0 Å². The fourth-order valence-corrected chi connectivity index (χ4v) is 2.36. The summed E-state index contributed by atoms with van der Waals surface area (Å²) in [6.45, 7) is 9.95. The molecule has 0 aliphatic heterocycles. The molecule has 17 heavy (non-hydrogen) atoms. The first-order chi connectivity index (χ1) is 8.20. The maximum atomic E-state index is 3.63. The minimum Gasteiger partial charge on any atom is -0.310 e. The maximum absolute atomic E-state index is 3.63. The van der Waals surface area contributed by atoms with Crippen LogP contribution in [0.4, 0.5) is 0 Å². The molecule has 0 saturated heterocycles. The Bertz CT molecular complexity index is 330. The average Bonchev–Trinajstić information content (AvgIpc) is 2.32. The molecule has 1 atom stereocenters. The van der Waals surface area contributed by atoms with Crippen LogP contribution in [0.5, 0.6) is 0 Å². The first-order valence-corrected chi connectivity index (χ1v) is 7.00. The number of benzene rings is 1. The molecule has 0 bridgehead atoms. The van der Waals surface area contributed by atoms with Crippen molar-refractivity contribution in [2.24, 2.45) is 0 Å². The molecule has 96 valence electrons. The molecule has 0 saturated carbocycles. The third kappa shape index (κ3) is 4.16. The molecule has 1 nitrogen and oxygen atoms in total. The Morgan fingerprint density at radius 2 is 1.88 bits per heavy atom. The minimum atomic E-state index is 0.534. The van der Waals surface area contributed by atoms with E-state index in [9.17, 15) is 0 Å². The quantitative estimate of drug-likeness (QED) is 0.682. The summed E-state index contributed by atoms with van der Waals surface area (Å²) >= 11 is 0. The SMILES string of the molecule is CCCCCC(NCC)c1cccc(C)c1C. The van der Waals surface area contributed by atoms with Gasteiger partial charge >= 0.3 is 0 Å². The van der Waals surface area contributed by atoms with Crippen molar-refractivity contribution in [1.29, 1.82) is 0 Å². The molecule has 0 aliphatic carbocycles. The van der Waals surface area contributed by atoms with Crippen LogP contribution in [0.25, 0.3) is 0 Å². The van der Waals surface area contributed by atoms with Crippen molar-refractivity contribution in [1.82, 2.24) is 5.32 Å². The largest absolute Gasteiger partial charge is 0.310 e. The van der Waals surface area contributed by atoms with E-state index in [1.807, 2.05) is 0 Å². The van der Waals surface area contributed by atoms with E-state index in [0.29, 0.717) is 6.04 Å². The van der Waals surface area contributed by atoms with E-state index in [4.69, 9.17) is 0 Å². The first-order valence-electron chi connectivity index (χ1n) is 7.00. The van der Waals surface area contributed by atoms with Crippen LogP contribution in [0.1, 0.15) is 62.3 Å². The summed E-state index contributed by atoms with van der Waals surface area (Å²) in [4.78, 5) is 0. The van der Waals surface area contributed by atoms with Gasteiger partial charge in [-0.15, -0.1) is 0 Å². The Kier molecular flexibility index (Phi) is 6.28. The second-order valence-electron chi connectivity index (χ2n) is 4.90. The number of nitrogens with one attached hydrogen (secondary N) is 1. The van der Waals surface area contributed by atoms with E-state index >= 15 is 0 Å². The van der Waals surface area contributed by atoms with Crippen molar-refractivity contribution in [3.63, 3.8) is 0 Å². The summed E-state index contributed by atoms with van der Waals surface area (Å²) in [6.07, 6.45) is 5.21. The molecule has 0 aliphatic rings. The Morgan fingerprint density at radius 1 is 1.12 bits per heavy atom. The molecule has 1 aromatic rings. The molecule has 0 radical (unpaired) electrons. The summed E-state index contributed by atoms with van der Waals surface area (Å²) in [5.74, 6) is 0. The van der Waals surface area contributed by atoms with Gasteiger partial charge in [-0.1, -0.05) is 51.3 Å². The van der Waals surface area contributed by atoms with Gasteiger partial charge in [0.05, 0.1) is 0 Å². The number of aryl methyl sites for hydroxylation is 1. The van der Waals surface area contributed by atoms with Crippen LogP contribution in [0.3, 0.4) is 0 Å². The van der Waals surface area contributed by atoms with E-state index in [0.717, 1.165) is 6.54 Å². The molecule has 0 heterocycles. The molecule has 1 rings (SSSR count). The number of hydrogen-bond donors (Lipinski definition) is 1. The Labute approximate surface area is 107 Å². The summed E-state index contributed by atoms with van der Waals surface area (Å²) in [5.41, 5.74) is 4.35. The molecular formula is C16H27N. The van der Waals surface area contributed by atoms with Crippen LogP contribution < -0.4 is 5.32 Å². The van der Waals surface area contributed by atoms with E-state index in [2.05, 4.69) is 51.2 Å². The summed E-state index contributed by atoms with van der Waals surface area (Å²) in [5, 5.41) is 3.63. The fourth-order valence-electron chi connectivity index (χ4n) is 2.36. The van der Waals surface area contributed by atoms with E-state index in [1.54, 1.807) is 0 Å². The number of unbranched alkanes of at least 4 members (excludes halogenated alkanes) is 2. The average molecular weight is 233 g/mol. The van der Waals surface area contributed by atoms with Crippen molar-refractivity contribution in [2.45, 2.75) is 59.4 Å². The van der Waals surface area contributed by atoms with Gasteiger partial charge in [0.2, 0.25) is 0 Å². The molecule has 0 fully saturated rings. The second kappa shape index (κ2) is 7.50. The molecule has 1 unspecified atom stereocenters. The lowest BCUT2D eigenvalue weighted by Crippen LogP contribution is -2.21. The van der Waals surface area contributed by atoms with Gasteiger partial charge < -0.3 is 5.32 Å². The van der Waals surface area contributed by atoms with Gasteiger partial charge in [-0.2, -0.15) is 0 Å². The minimum absolute atomic E-state index is 0.534. The predicted molar refractivity (Wildman–Crippen MR) is 76.5 cm³/mol. The standard InChI is InChI=1S/C16H27N/c1-5-7-8-12-16(17-6-2)15-11-9-10-13(3)14(15)4/h9-11,16-17H,5-8,12H2,1-4H3. The zero-order chi connectivity index (χ0) is 12.7. The zero-order valence-corrected chi connectivity index (χ0v) is 11.8. The van der Waals surface area contributed by atoms with E-state index in [-0.39, 0.29) is 0 Å². The molecule has 1 aromatic carbocycles. The molecule has 0 aromatic heterocycles. The van der Waals surface area contributed by atoms with Crippen LogP contribution in [0.15, 0.2) is 18.2 Å². The van der Waals surface area contributed by atoms with Crippen molar-refractivity contribution >= 4 is 0 Å². The Morgan fingerprint density at radius 3 is 2.53 bits per heavy atom. The zero-order valence-electron chi connectivity index (χ0n) is 11.8. The highest BCUT2D eigenvalue weighted by atomic mass is 14.9. The van der Waals surface area contributed by atoms with Crippen molar-refractivity contribution in [2.75, 3.05) is 6.54 Å². The fraction of sp³-hybridized carbons (Fsp3) is 0.625. The molecule has 1 heteroatoms.